The van der Waals surface area contributed by atoms with E-state index in [4.69, 9.17) is 4.74 Å². The Morgan fingerprint density at radius 2 is 1.53 bits per heavy atom. The highest BCUT2D eigenvalue weighted by atomic mass is 19.1. The number of halogens is 1. The van der Waals surface area contributed by atoms with Crippen molar-refractivity contribution in [3.8, 4) is 5.75 Å². The Labute approximate surface area is 212 Å². The lowest BCUT2D eigenvalue weighted by Crippen LogP contribution is -2.53. The Morgan fingerprint density at radius 1 is 0.889 bits per heavy atom. The molecule has 0 bridgehead atoms. The van der Waals surface area contributed by atoms with Gasteiger partial charge in [0.15, 0.2) is 6.61 Å². The molecule has 5 nitrogen and oxygen atoms in total. The van der Waals surface area contributed by atoms with Crippen molar-refractivity contribution >= 4 is 11.8 Å². The highest BCUT2D eigenvalue weighted by Crippen LogP contribution is 2.21. The van der Waals surface area contributed by atoms with Crippen molar-refractivity contribution in [2.24, 2.45) is 0 Å². The molecule has 1 N–H and O–H groups in total. The van der Waals surface area contributed by atoms with E-state index in [0.717, 1.165) is 31.2 Å². The molecule has 0 heterocycles. The largest absolute Gasteiger partial charge is 0.484 e. The first-order chi connectivity index (χ1) is 17.6. The maximum absolute atomic E-state index is 14.7. The first kappa shape index (κ1) is 25.4. The van der Waals surface area contributed by atoms with Crippen molar-refractivity contribution in [1.82, 2.24) is 10.2 Å². The van der Waals surface area contributed by atoms with Gasteiger partial charge in [0, 0.05) is 24.6 Å². The van der Waals surface area contributed by atoms with Gasteiger partial charge >= 0.3 is 0 Å². The van der Waals surface area contributed by atoms with Gasteiger partial charge in [-0.05, 0) is 36.6 Å². The minimum Gasteiger partial charge on any atom is -0.484 e. The summed E-state index contributed by atoms with van der Waals surface area (Å²) in [6.07, 6.45) is 5.53. The maximum atomic E-state index is 14.7. The third kappa shape index (κ3) is 7.17. The topological polar surface area (TPSA) is 58.6 Å². The van der Waals surface area contributed by atoms with E-state index in [1.165, 1.54) is 17.4 Å². The number of benzene rings is 3. The Kier molecular flexibility index (Phi) is 9.09. The number of rotatable bonds is 10. The first-order valence-electron chi connectivity index (χ1n) is 12.6. The predicted molar refractivity (Wildman–Crippen MR) is 138 cm³/mol. The fourth-order valence-electron chi connectivity index (χ4n) is 4.65. The van der Waals surface area contributed by atoms with Crippen LogP contribution in [0.25, 0.3) is 0 Å². The molecule has 4 rings (SSSR count). The molecule has 1 aliphatic rings. The monoisotopic (exact) mass is 488 g/mol. The van der Waals surface area contributed by atoms with Gasteiger partial charge < -0.3 is 15.0 Å². The maximum Gasteiger partial charge on any atom is 0.261 e. The molecule has 0 aromatic heterocycles. The molecule has 0 unspecified atom stereocenters. The van der Waals surface area contributed by atoms with E-state index in [2.05, 4.69) is 5.32 Å². The van der Waals surface area contributed by atoms with Gasteiger partial charge in [0.05, 0.1) is 0 Å². The number of hydrogen-bond donors (Lipinski definition) is 1. The average Bonchev–Trinajstić information content (AvgIpc) is 2.92. The molecular formula is C30H33FN2O3. The Bertz CT molecular complexity index is 1120. The molecule has 1 atom stereocenters. The molecule has 2 amide bonds. The van der Waals surface area contributed by atoms with Crippen LogP contribution in [0.15, 0.2) is 84.9 Å². The minimum atomic E-state index is -0.805. The van der Waals surface area contributed by atoms with E-state index in [1.54, 1.807) is 30.3 Å². The van der Waals surface area contributed by atoms with Gasteiger partial charge in [-0.3, -0.25) is 9.59 Å². The van der Waals surface area contributed by atoms with Gasteiger partial charge in [-0.2, -0.15) is 0 Å². The van der Waals surface area contributed by atoms with Crippen LogP contribution < -0.4 is 10.1 Å². The van der Waals surface area contributed by atoms with Crippen LogP contribution in [0.1, 0.15) is 43.2 Å². The van der Waals surface area contributed by atoms with Crippen LogP contribution in [0.3, 0.4) is 0 Å². The zero-order valence-electron chi connectivity index (χ0n) is 20.4. The molecule has 0 spiro atoms. The fourth-order valence-corrected chi connectivity index (χ4v) is 4.65. The number of ether oxygens (including phenoxy) is 1. The van der Waals surface area contributed by atoms with Crippen LogP contribution >= 0.6 is 0 Å². The average molecular weight is 489 g/mol. The molecule has 36 heavy (non-hydrogen) atoms. The standard InChI is InChI=1S/C30H33FN2O3/c31-27-19-11-10-14-24(27)21-33(29(34)22-36-26-17-8-3-9-18-26)28(20-23-12-4-1-5-13-23)30(35)32-25-15-6-2-7-16-25/h1,3-5,8-14,17-19,25,28H,2,6-7,15-16,20-22H2,(H,32,35)/t28-/m1/s1. The van der Waals surface area contributed by atoms with Gasteiger partial charge in [0.25, 0.3) is 5.91 Å². The molecule has 1 aliphatic carbocycles. The minimum absolute atomic E-state index is 0.0285. The lowest BCUT2D eigenvalue weighted by Gasteiger charge is -2.33. The Balaban J connectivity index is 1.61. The molecule has 3 aromatic carbocycles. The van der Waals surface area contributed by atoms with Gasteiger partial charge in [-0.15, -0.1) is 0 Å². The highest BCUT2D eigenvalue weighted by molar-refractivity contribution is 5.88. The molecule has 1 saturated carbocycles. The lowest BCUT2D eigenvalue weighted by atomic mass is 9.94. The van der Waals surface area contributed by atoms with Crippen LogP contribution in [0.2, 0.25) is 0 Å². The Hall–Kier alpha value is -3.67. The summed E-state index contributed by atoms with van der Waals surface area (Å²) < 4.78 is 20.4. The van der Waals surface area contributed by atoms with Crippen LogP contribution in [-0.2, 0) is 22.6 Å². The molecule has 0 saturated heterocycles. The molecule has 6 heteroatoms. The second-order valence-corrected chi connectivity index (χ2v) is 9.26. The SMILES string of the molecule is O=C(NC1CCCCC1)[C@@H](Cc1ccccc1)N(Cc1ccccc1F)C(=O)COc1ccccc1. The number of para-hydroxylation sites is 1. The first-order valence-corrected chi connectivity index (χ1v) is 12.6. The molecule has 1 fully saturated rings. The normalized spacial score (nSPS) is 14.6. The van der Waals surface area contributed by atoms with Crippen LogP contribution in [0.5, 0.6) is 5.75 Å². The van der Waals surface area contributed by atoms with E-state index in [0.29, 0.717) is 17.7 Å². The van der Waals surface area contributed by atoms with Crippen molar-refractivity contribution in [1.29, 1.82) is 0 Å². The number of carbonyl (C=O) groups excluding carboxylic acids is 2. The Morgan fingerprint density at radius 3 is 2.22 bits per heavy atom. The number of amides is 2. The quantitative estimate of drug-likeness (QED) is 0.422. The van der Waals surface area contributed by atoms with Gasteiger partial charge in [-0.25, -0.2) is 4.39 Å². The molecule has 188 valence electrons. The van der Waals surface area contributed by atoms with Gasteiger partial charge in [0.1, 0.15) is 17.6 Å². The third-order valence-electron chi connectivity index (χ3n) is 6.63. The van der Waals surface area contributed by atoms with E-state index < -0.39 is 11.9 Å². The summed E-state index contributed by atoms with van der Waals surface area (Å²) in [7, 11) is 0. The second kappa shape index (κ2) is 12.9. The molecule has 0 aliphatic heterocycles. The van der Waals surface area contributed by atoms with Gasteiger partial charge in [0.2, 0.25) is 5.91 Å². The molecular weight excluding hydrogens is 455 g/mol. The summed E-state index contributed by atoms with van der Waals surface area (Å²) in [5.74, 6) is -0.439. The lowest BCUT2D eigenvalue weighted by molar-refractivity contribution is -0.143. The van der Waals surface area contributed by atoms with Crippen LogP contribution in [-0.4, -0.2) is 35.4 Å². The van der Waals surface area contributed by atoms with Crippen LogP contribution in [0, 0.1) is 5.82 Å². The smallest absolute Gasteiger partial charge is 0.261 e. The predicted octanol–water partition coefficient (Wildman–Crippen LogP) is 5.29. The summed E-state index contributed by atoms with van der Waals surface area (Å²) in [4.78, 5) is 28.7. The summed E-state index contributed by atoms with van der Waals surface area (Å²) in [5, 5.41) is 3.18. The van der Waals surface area contributed by atoms with Crippen molar-refractivity contribution in [3.05, 3.63) is 102 Å². The fraction of sp³-hybridized carbons (Fsp3) is 0.333. The van der Waals surface area contributed by atoms with Crippen molar-refractivity contribution in [2.45, 2.75) is 57.2 Å². The summed E-state index contributed by atoms with van der Waals surface area (Å²) in [6, 6.07) is 24.3. The third-order valence-corrected chi connectivity index (χ3v) is 6.63. The van der Waals surface area contributed by atoms with Crippen molar-refractivity contribution < 1.29 is 18.7 Å². The second-order valence-electron chi connectivity index (χ2n) is 9.26. The number of nitrogens with zero attached hydrogens (tertiary/aromatic N) is 1. The summed E-state index contributed by atoms with van der Waals surface area (Å²) in [6.45, 7) is -0.278. The zero-order chi connectivity index (χ0) is 25.2. The number of hydrogen-bond acceptors (Lipinski definition) is 3. The molecule has 3 aromatic rings. The zero-order valence-corrected chi connectivity index (χ0v) is 20.4. The van der Waals surface area contributed by atoms with E-state index in [-0.39, 0.29) is 31.0 Å². The summed E-state index contributed by atoms with van der Waals surface area (Å²) in [5.41, 5.74) is 1.28. The van der Waals surface area contributed by atoms with Crippen molar-refractivity contribution in [3.63, 3.8) is 0 Å². The summed E-state index contributed by atoms with van der Waals surface area (Å²) >= 11 is 0. The van der Waals surface area contributed by atoms with E-state index in [1.807, 2.05) is 48.5 Å². The van der Waals surface area contributed by atoms with E-state index in [9.17, 15) is 14.0 Å². The van der Waals surface area contributed by atoms with Crippen molar-refractivity contribution in [2.75, 3.05) is 6.61 Å². The number of carbonyl (C=O) groups is 2. The highest BCUT2D eigenvalue weighted by Gasteiger charge is 2.32. The number of nitrogens with one attached hydrogen (secondary N) is 1. The van der Waals surface area contributed by atoms with Crippen LogP contribution in [0.4, 0.5) is 4.39 Å². The molecule has 0 radical (unpaired) electrons. The van der Waals surface area contributed by atoms with E-state index >= 15 is 0 Å². The van der Waals surface area contributed by atoms with Gasteiger partial charge in [-0.1, -0.05) is 86.0 Å².